The van der Waals surface area contributed by atoms with Crippen LogP contribution in [0.25, 0.3) is 0 Å². The second kappa shape index (κ2) is 7.93. The Hall–Kier alpha value is -2.40. The van der Waals surface area contributed by atoms with E-state index in [0.717, 1.165) is 36.3 Å². The summed E-state index contributed by atoms with van der Waals surface area (Å²) in [6.07, 6.45) is 5.08. The highest BCUT2D eigenvalue weighted by Gasteiger charge is 2.22. The first-order chi connectivity index (χ1) is 11.7. The van der Waals surface area contributed by atoms with E-state index in [1.165, 1.54) is 0 Å². The van der Waals surface area contributed by atoms with Gasteiger partial charge in [-0.3, -0.25) is 9.78 Å². The summed E-state index contributed by atoms with van der Waals surface area (Å²) in [4.78, 5) is 18.2. The molecule has 24 heavy (non-hydrogen) atoms. The maximum Gasteiger partial charge on any atom is 0.227 e. The third-order valence-electron chi connectivity index (χ3n) is 4.13. The Morgan fingerprint density at radius 2 is 2.17 bits per heavy atom. The minimum Gasteiger partial charge on any atom is -0.489 e. The summed E-state index contributed by atoms with van der Waals surface area (Å²) in [5.74, 6) is 0.793. The molecule has 0 radical (unpaired) electrons. The van der Waals surface area contributed by atoms with E-state index < -0.39 is 6.10 Å². The highest BCUT2D eigenvalue weighted by Crippen LogP contribution is 2.17. The molecule has 1 unspecified atom stereocenters. The van der Waals surface area contributed by atoms with Gasteiger partial charge in [0.2, 0.25) is 5.91 Å². The number of benzene rings is 1. The number of hydrogen-bond acceptors (Lipinski definition) is 4. The average Bonchev–Trinajstić information content (AvgIpc) is 2.61. The Kier molecular flexibility index (Phi) is 5.43. The monoisotopic (exact) mass is 326 g/mol. The lowest BCUT2D eigenvalue weighted by atomic mass is 10.1. The van der Waals surface area contributed by atoms with Gasteiger partial charge < -0.3 is 14.7 Å². The second-order valence-corrected chi connectivity index (χ2v) is 6.11. The van der Waals surface area contributed by atoms with Crippen LogP contribution in [0.1, 0.15) is 24.0 Å². The maximum atomic E-state index is 12.4. The Morgan fingerprint density at radius 1 is 1.29 bits per heavy atom. The summed E-state index contributed by atoms with van der Waals surface area (Å²) < 4.78 is 5.77. The van der Waals surface area contributed by atoms with Crippen molar-refractivity contribution in [2.75, 3.05) is 13.1 Å². The molecule has 1 aromatic heterocycles. The molecule has 3 rings (SSSR count). The van der Waals surface area contributed by atoms with Gasteiger partial charge in [0.05, 0.1) is 12.5 Å². The summed E-state index contributed by atoms with van der Waals surface area (Å²) in [5, 5.41) is 9.70. The topological polar surface area (TPSA) is 62.7 Å². The molecule has 1 aliphatic heterocycles. The maximum absolute atomic E-state index is 12.4. The summed E-state index contributed by atoms with van der Waals surface area (Å²) in [6, 6.07) is 11.4. The van der Waals surface area contributed by atoms with Gasteiger partial charge in [-0.25, -0.2) is 0 Å². The minimum atomic E-state index is -0.392. The molecule has 2 heterocycles. The zero-order chi connectivity index (χ0) is 16.8. The summed E-state index contributed by atoms with van der Waals surface area (Å²) >= 11 is 0. The number of aliphatic hydroxyl groups excluding tert-OH is 1. The van der Waals surface area contributed by atoms with Gasteiger partial charge in [0.1, 0.15) is 12.4 Å². The SMILES string of the molecule is O=C(Cc1cccc(OCc2cccnc2)c1)N1CCCC(O)C1. The molecule has 0 aliphatic carbocycles. The van der Waals surface area contributed by atoms with Crippen molar-refractivity contribution in [3.63, 3.8) is 0 Å². The van der Waals surface area contributed by atoms with Gasteiger partial charge in [-0.2, -0.15) is 0 Å². The third kappa shape index (κ3) is 4.55. The van der Waals surface area contributed by atoms with Gasteiger partial charge in [0.25, 0.3) is 0 Å². The number of nitrogens with zero attached hydrogens (tertiary/aromatic N) is 2. The fourth-order valence-electron chi connectivity index (χ4n) is 2.86. The molecule has 1 amide bonds. The number of ether oxygens (including phenoxy) is 1. The van der Waals surface area contributed by atoms with Gasteiger partial charge in [0, 0.05) is 31.0 Å². The predicted octanol–water partition coefficient (Wildman–Crippen LogP) is 2.19. The van der Waals surface area contributed by atoms with Crippen LogP contribution in [0.4, 0.5) is 0 Å². The fraction of sp³-hybridized carbons (Fsp3) is 0.368. The molecule has 0 bridgehead atoms. The molecule has 1 aliphatic rings. The van der Waals surface area contributed by atoms with Crippen molar-refractivity contribution in [1.29, 1.82) is 0 Å². The van der Waals surface area contributed by atoms with Crippen LogP contribution in [0.5, 0.6) is 5.75 Å². The number of hydrogen-bond donors (Lipinski definition) is 1. The van der Waals surface area contributed by atoms with Crippen LogP contribution in [-0.4, -0.2) is 40.1 Å². The smallest absolute Gasteiger partial charge is 0.227 e. The highest BCUT2D eigenvalue weighted by atomic mass is 16.5. The summed E-state index contributed by atoms with van der Waals surface area (Å²) in [6.45, 7) is 1.62. The molecule has 126 valence electrons. The number of pyridine rings is 1. The molecule has 1 saturated heterocycles. The van der Waals surface area contributed by atoms with Gasteiger partial charge in [-0.15, -0.1) is 0 Å². The van der Waals surface area contributed by atoms with Gasteiger partial charge in [-0.05, 0) is 36.6 Å². The normalized spacial score (nSPS) is 17.5. The van der Waals surface area contributed by atoms with Gasteiger partial charge >= 0.3 is 0 Å². The Bertz CT molecular complexity index is 675. The van der Waals surface area contributed by atoms with Crippen molar-refractivity contribution in [1.82, 2.24) is 9.88 Å². The largest absolute Gasteiger partial charge is 0.489 e. The first-order valence-electron chi connectivity index (χ1n) is 8.27. The molecular weight excluding hydrogens is 304 g/mol. The molecule has 1 N–H and O–H groups in total. The van der Waals surface area contributed by atoms with E-state index in [0.29, 0.717) is 19.6 Å². The molecule has 1 fully saturated rings. The van der Waals surface area contributed by atoms with E-state index in [2.05, 4.69) is 4.98 Å². The van der Waals surface area contributed by atoms with E-state index in [-0.39, 0.29) is 5.91 Å². The molecule has 5 heteroatoms. The molecule has 1 aromatic carbocycles. The second-order valence-electron chi connectivity index (χ2n) is 6.11. The fourth-order valence-corrected chi connectivity index (χ4v) is 2.86. The zero-order valence-corrected chi connectivity index (χ0v) is 13.6. The van der Waals surface area contributed by atoms with Crippen LogP contribution >= 0.6 is 0 Å². The van der Waals surface area contributed by atoms with Crippen LogP contribution in [0.3, 0.4) is 0 Å². The number of aliphatic hydroxyl groups is 1. The summed E-state index contributed by atoms with van der Waals surface area (Å²) in [7, 11) is 0. The van der Waals surface area contributed by atoms with Crippen LogP contribution in [0, 0.1) is 0 Å². The van der Waals surface area contributed by atoms with Crippen molar-refractivity contribution in [2.45, 2.75) is 32.0 Å². The van der Waals surface area contributed by atoms with Crippen LogP contribution in [0.15, 0.2) is 48.8 Å². The highest BCUT2D eigenvalue weighted by molar-refractivity contribution is 5.79. The van der Waals surface area contributed by atoms with Crippen molar-refractivity contribution >= 4 is 5.91 Å². The Morgan fingerprint density at radius 3 is 2.96 bits per heavy atom. The van der Waals surface area contributed by atoms with E-state index in [1.54, 1.807) is 17.3 Å². The number of carbonyl (C=O) groups excluding carboxylic acids is 1. The Labute approximate surface area is 141 Å². The molecular formula is C19H22N2O3. The van der Waals surface area contributed by atoms with Gasteiger partial charge in [-0.1, -0.05) is 18.2 Å². The molecule has 2 aromatic rings. The van der Waals surface area contributed by atoms with Crippen molar-refractivity contribution < 1.29 is 14.6 Å². The zero-order valence-electron chi connectivity index (χ0n) is 13.6. The minimum absolute atomic E-state index is 0.0539. The van der Waals surface area contributed by atoms with Crippen molar-refractivity contribution in [2.24, 2.45) is 0 Å². The predicted molar refractivity (Wildman–Crippen MR) is 90.5 cm³/mol. The molecule has 1 atom stereocenters. The number of aromatic nitrogens is 1. The lowest BCUT2D eigenvalue weighted by Gasteiger charge is -2.30. The van der Waals surface area contributed by atoms with E-state index in [9.17, 15) is 9.90 Å². The lowest BCUT2D eigenvalue weighted by Crippen LogP contribution is -2.42. The molecule has 0 saturated carbocycles. The lowest BCUT2D eigenvalue weighted by molar-refractivity contribution is -0.133. The van der Waals surface area contributed by atoms with Crippen LogP contribution in [0.2, 0.25) is 0 Å². The number of likely N-dealkylation sites (tertiary alicyclic amines) is 1. The third-order valence-corrected chi connectivity index (χ3v) is 4.13. The van der Waals surface area contributed by atoms with E-state index >= 15 is 0 Å². The van der Waals surface area contributed by atoms with Crippen molar-refractivity contribution in [3.05, 3.63) is 59.9 Å². The Balaban J connectivity index is 1.57. The number of β-amino-alcohol motifs (C(OH)–C–C–N with tert-alkyl or cyclic N) is 1. The molecule has 0 spiro atoms. The first kappa shape index (κ1) is 16.5. The number of amides is 1. The number of carbonyl (C=O) groups is 1. The average molecular weight is 326 g/mol. The van der Waals surface area contributed by atoms with Gasteiger partial charge in [0.15, 0.2) is 0 Å². The molecule has 5 nitrogen and oxygen atoms in total. The quantitative estimate of drug-likeness (QED) is 0.915. The number of rotatable bonds is 5. The summed E-state index contributed by atoms with van der Waals surface area (Å²) in [5.41, 5.74) is 1.92. The first-order valence-corrected chi connectivity index (χ1v) is 8.27. The van der Waals surface area contributed by atoms with Crippen LogP contribution in [-0.2, 0) is 17.8 Å². The number of piperidine rings is 1. The van der Waals surface area contributed by atoms with E-state index in [4.69, 9.17) is 4.74 Å². The van der Waals surface area contributed by atoms with Crippen molar-refractivity contribution in [3.8, 4) is 5.75 Å². The van der Waals surface area contributed by atoms with E-state index in [1.807, 2.05) is 36.4 Å². The van der Waals surface area contributed by atoms with Crippen LogP contribution < -0.4 is 4.74 Å². The standard InChI is InChI=1S/C19H22N2O3/c22-17-6-3-9-21(13-17)19(23)11-15-4-1-7-18(10-15)24-14-16-5-2-8-20-12-16/h1-2,4-5,7-8,10,12,17,22H,3,6,9,11,13-14H2.